The molecule has 3 heterocycles. The van der Waals surface area contributed by atoms with E-state index in [0.717, 1.165) is 0 Å². The van der Waals surface area contributed by atoms with Crippen LogP contribution in [0.15, 0.2) is 24.3 Å². The summed E-state index contributed by atoms with van der Waals surface area (Å²) in [5.41, 5.74) is 0.0299. The molecule has 1 saturated heterocycles. The molecule has 1 spiro atoms. The van der Waals surface area contributed by atoms with Crippen LogP contribution in [0, 0.1) is 0 Å². The summed E-state index contributed by atoms with van der Waals surface area (Å²) in [5.74, 6) is 0.580. The summed E-state index contributed by atoms with van der Waals surface area (Å²) >= 11 is 12.3. The summed E-state index contributed by atoms with van der Waals surface area (Å²) < 4.78 is 11.2. The number of carbonyl (C=O) groups excluding carboxylic acids is 2. The Kier molecular flexibility index (Phi) is 5.36. The number of ketones is 1. The molecule has 2 aliphatic rings. The molecule has 4 rings (SSSR count). The van der Waals surface area contributed by atoms with Gasteiger partial charge in [0.2, 0.25) is 0 Å². The number of halogens is 2. The number of ether oxygens (including phenoxy) is 2. The Balaban J connectivity index is 1.47. The van der Waals surface area contributed by atoms with Crippen molar-refractivity contribution in [3.8, 4) is 5.75 Å². The minimum Gasteiger partial charge on any atom is -0.484 e. The summed E-state index contributed by atoms with van der Waals surface area (Å²) in [6.45, 7) is 3.30. The topological polar surface area (TPSA) is 81.6 Å². The third-order valence-corrected chi connectivity index (χ3v) is 5.74. The maximum absolute atomic E-state index is 12.7. The molecular weight excluding hydrogens is 417 g/mol. The average molecular weight is 436 g/mol. The second kappa shape index (κ2) is 7.80. The van der Waals surface area contributed by atoms with Crippen LogP contribution in [0.1, 0.15) is 47.0 Å². The van der Waals surface area contributed by atoms with Gasteiger partial charge >= 0.3 is 5.97 Å². The Morgan fingerprint density at radius 1 is 1.24 bits per heavy atom. The van der Waals surface area contributed by atoms with E-state index in [-0.39, 0.29) is 24.5 Å². The van der Waals surface area contributed by atoms with Crippen LogP contribution < -0.4 is 9.64 Å². The molecule has 0 radical (unpaired) electrons. The van der Waals surface area contributed by atoms with Crippen molar-refractivity contribution in [1.82, 2.24) is 10.2 Å². The first-order valence-corrected chi connectivity index (χ1v) is 10.1. The van der Waals surface area contributed by atoms with E-state index in [1.165, 1.54) is 0 Å². The predicted molar refractivity (Wildman–Crippen MR) is 108 cm³/mol. The monoisotopic (exact) mass is 435 g/mol. The molecule has 0 amide bonds. The number of hydrogen-bond donors (Lipinski definition) is 0. The van der Waals surface area contributed by atoms with Crippen LogP contribution in [0.2, 0.25) is 10.0 Å². The zero-order valence-corrected chi connectivity index (χ0v) is 17.3. The van der Waals surface area contributed by atoms with Gasteiger partial charge in [-0.15, -0.1) is 10.2 Å². The van der Waals surface area contributed by atoms with Crippen molar-refractivity contribution >= 4 is 40.8 Å². The zero-order valence-electron chi connectivity index (χ0n) is 15.8. The van der Waals surface area contributed by atoms with Gasteiger partial charge < -0.3 is 14.4 Å². The van der Waals surface area contributed by atoms with Gasteiger partial charge in [0.05, 0.1) is 23.6 Å². The number of carbonyl (C=O) groups is 2. The van der Waals surface area contributed by atoms with E-state index in [1.54, 1.807) is 31.2 Å². The minimum absolute atomic E-state index is 0.0114. The Bertz CT molecular complexity index is 957. The first kappa shape index (κ1) is 19.9. The number of anilines is 1. The predicted octanol–water partition coefficient (Wildman–Crippen LogP) is 3.96. The van der Waals surface area contributed by atoms with E-state index in [4.69, 9.17) is 32.7 Å². The Labute approximate surface area is 177 Å². The van der Waals surface area contributed by atoms with Gasteiger partial charge in [0.25, 0.3) is 0 Å². The highest BCUT2D eigenvalue weighted by Crippen LogP contribution is 2.44. The third-order valence-electron chi connectivity index (χ3n) is 5.24. The minimum atomic E-state index is -0.587. The molecule has 0 N–H and O–H groups in total. The molecule has 1 fully saturated rings. The van der Waals surface area contributed by atoms with Gasteiger partial charge in [0.15, 0.2) is 17.3 Å². The van der Waals surface area contributed by atoms with E-state index < -0.39 is 11.6 Å². The second-order valence-electron chi connectivity index (χ2n) is 7.13. The Morgan fingerprint density at radius 2 is 2.00 bits per heavy atom. The number of esters is 1. The molecule has 0 atom stereocenters. The molecule has 1 aromatic carbocycles. The number of aromatic nitrogens is 2. The molecule has 0 aliphatic carbocycles. The van der Waals surface area contributed by atoms with Crippen molar-refractivity contribution < 1.29 is 19.1 Å². The number of piperidine rings is 1. The van der Waals surface area contributed by atoms with Crippen molar-refractivity contribution in [3.63, 3.8) is 0 Å². The van der Waals surface area contributed by atoms with Gasteiger partial charge in [-0.25, -0.2) is 4.79 Å². The molecule has 0 bridgehead atoms. The van der Waals surface area contributed by atoms with Crippen LogP contribution in [-0.2, 0) is 4.74 Å². The van der Waals surface area contributed by atoms with Crippen LogP contribution in [-0.4, -0.2) is 47.2 Å². The first-order valence-electron chi connectivity index (χ1n) is 9.38. The van der Waals surface area contributed by atoms with Gasteiger partial charge in [-0.3, -0.25) is 4.79 Å². The molecule has 9 heteroatoms. The highest BCUT2D eigenvalue weighted by Gasteiger charge is 2.44. The molecule has 7 nitrogen and oxygen atoms in total. The number of hydrogen-bond acceptors (Lipinski definition) is 7. The van der Waals surface area contributed by atoms with Gasteiger partial charge in [0, 0.05) is 31.0 Å². The van der Waals surface area contributed by atoms with Crippen molar-refractivity contribution in [3.05, 3.63) is 45.6 Å². The highest BCUT2D eigenvalue weighted by molar-refractivity contribution is 6.36. The molecule has 2 aromatic rings. The normalized spacial score (nSPS) is 17.6. The molecule has 152 valence electrons. The Hall–Kier alpha value is -2.38. The number of nitrogens with zero attached hydrogens (tertiary/aromatic N) is 3. The summed E-state index contributed by atoms with van der Waals surface area (Å²) in [7, 11) is 0. The quantitative estimate of drug-likeness (QED) is 0.674. The lowest BCUT2D eigenvalue weighted by atomic mass is 9.82. The molecule has 1 aromatic heterocycles. The van der Waals surface area contributed by atoms with Crippen molar-refractivity contribution in [1.29, 1.82) is 0 Å². The third kappa shape index (κ3) is 3.89. The fraction of sp³-hybridized carbons (Fsp3) is 0.400. The second-order valence-corrected chi connectivity index (χ2v) is 7.98. The maximum atomic E-state index is 12.7. The van der Waals surface area contributed by atoms with Crippen LogP contribution in [0.25, 0.3) is 0 Å². The van der Waals surface area contributed by atoms with E-state index >= 15 is 0 Å². The SMILES string of the molecule is CCOC(=O)c1ccc(N2CCC3(CC2)CC(=O)c2cc(Cl)cc(Cl)c2O3)nn1. The molecular formula is C20H19Cl2N3O4. The number of rotatable bonds is 3. The van der Waals surface area contributed by atoms with Crippen LogP contribution in [0.5, 0.6) is 5.75 Å². The lowest BCUT2D eigenvalue weighted by Crippen LogP contribution is -2.51. The standard InChI is InChI=1S/C20H19Cl2N3O4/c1-2-28-19(27)15-3-4-17(24-23-15)25-7-5-20(6-8-25)11-16(26)13-9-12(21)10-14(22)18(13)29-20/h3-4,9-10H,2,5-8,11H2,1H3. The van der Waals surface area contributed by atoms with Gasteiger partial charge in [-0.2, -0.15) is 0 Å². The van der Waals surface area contributed by atoms with E-state index in [9.17, 15) is 9.59 Å². The van der Waals surface area contributed by atoms with Crippen molar-refractivity contribution in [2.45, 2.75) is 31.8 Å². The van der Waals surface area contributed by atoms with E-state index in [2.05, 4.69) is 15.1 Å². The summed E-state index contributed by atoms with van der Waals surface area (Å²) in [4.78, 5) is 26.5. The number of fused-ring (bicyclic) bond motifs is 1. The summed E-state index contributed by atoms with van der Waals surface area (Å²) in [5, 5.41) is 8.87. The molecule has 2 aliphatic heterocycles. The van der Waals surface area contributed by atoms with E-state index in [0.29, 0.717) is 53.1 Å². The van der Waals surface area contributed by atoms with E-state index in [1.807, 2.05) is 0 Å². The lowest BCUT2D eigenvalue weighted by Gasteiger charge is -2.44. The number of Topliss-reactive ketones (excluding diaryl/α,β-unsaturated/α-hetero) is 1. The summed E-state index contributed by atoms with van der Waals surface area (Å²) in [6, 6.07) is 6.54. The molecule has 0 unspecified atom stereocenters. The molecule has 29 heavy (non-hydrogen) atoms. The van der Waals surface area contributed by atoms with Crippen LogP contribution in [0.3, 0.4) is 0 Å². The van der Waals surface area contributed by atoms with Gasteiger partial charge in [0.1, 0.15) is 11.4 Å². The van der Waals surface area contributed by atoms with Crippen molar-refractivity contribution in [2.75, 3.05) is 24.6 Å². The molecule has 0 saturated carbocycles. The highest BCUT2D eigenvalue weighted by atomic mass is 35.5. The van der Waals surface area contributed by atoms with Gasteiger partial charge in [-0.1, -0.05) is 23.2 Å². The van der Waals surface area contributed by atoms with Crippen LogP contribution >= 0.6 is 23.2 Å². The smallest absolute Gasteiger partial charge is 0.358 e. The zero-order chi connectivity index (χ0) is 20.6. The largest absolute Gasteiger partial charge is 0.484 e. The summed E-state index contributed by atoms with van der Waals surface area (Å²) in [6.07, 6.45) is 1.56. The Morgan fingerprint density at radius 3 is 2.66 bits per heavy atom. The lowest BCUT2D eigenvalue weighted by molar-refractivity contribution is 0.0231. The van der Waals surface area contributed by atoms with Crippen LogP contribution in [0.4, 0.5) is 5.82 Å². The first-order chi connectivity index (χ1) is 13.9. The van der Waals surface area contributed by atoms with Gasteiger partial charge in [-0.05, 0) is 31.2 Å². The maximum Gasteiger partial charge on any atom is 0.358 e. The van der Waals surface area contributed by atoms with Crippen molar-refractivity contribution in [2.24, 2.45) is 0 Å². The fourth-order valence-electron chi connectivity index (χ4n) is 3.74. The fourth-order valence-corrected chi connectivity index (χ4v) is 4.27. The number of benzene rings is 1. The average Bonchev–Trinajstić information content (AvgIpc) is 2.70.